The molecule has 2 aromatic rings. The fourth-order valence-electron chi connectivity index (χ4n) is 2.13. The fraction of sp³-hybridized carbons (Fsp3) is 0.222. The number of aryl methyl sites for hydroxylation is 3. The van der Waals surface area contributed by atoms with Crippen LogP contribution in [-0.2, 0) is 6.42 Å². The van der Waals surface area contributed by atoms with Gasteiger partial charge in [0, 0.05) is 0 Å². The van der Waals surface area contributed by atoms with Crippen LogP contribution in [0.1, 0.15) is 34.7 Å². The summed E-state index contributed by atoms with van der Waals surface area (Å²) in [6, 6.07) is 12.2. The highest BCUT2D eigenvalue weighted by Crippen LogP contribution is 2.17. The highest BCUT2D eigenvalue weighted by molar-refractivity contribution is 5.70. The summed E-state index contributed by atoms with van der Waals surface area (Å²) >= 11 is 0. The number of hydrogen-bond acceptors (Lipinski definition) is 0. The van der Waals surface area contributed by atoms with Crippen LogP contribution in [0.15, 0.2) is 36.4 Å². The van der Waals surface area contributed by atoms with Crippen molar-refractivity contribution in [2.24, 2.45) is 0 Å². The lowest BCUT2D eigenvalue weighted by molar-refractivity contribution is 0.609. The zero-order valence-electron chi connectivity index (χ0n) is 11.7. The third-order valence-electron chi connectivity index (χ3n) is 3.31. The molecule has 0 atom stereocenters. The van der Waals surface area contributed by atoms with Gasteiger partial charge in [0.15, 0.2) is 0 Å². The minimum Gasteiger partial charge on any atom is -0.206 e. The molecule has 0 aliphatic carbocycles. The zero-order valence-corrected chi connectivity index (χ0v) is 11.7. The minimum absolute atomic E-state index is 0.107. The number of benzene rings is 2. The van der Waals surface area contributed by atoms with Gasteiger partial charge in [-0.15, -0.1) is 0 Å². The van der Waals surface area contributed by atoms with Crippen molar-refractivity contribution in [1.82, 2.24) is 0 Å². The topological polar surface area (TPSA) is 0 Å². The van der Waals surface area contributed by atoms with E-state index in [1.165, 1.54) is 5.56 Å². The molecule has 0 amide bonds. The van der Waals surface area contributed by atoms with Crippen LogP contribution in [0.3, 0.4) is 0 Å². The molecule has 0 aromatic heterocycles. The molecule has 19 heavy (non-hydrogen) atoms. The van der Waals surface area contributed by atoms with Gasteiger partial charge in [-0.05, 0) is 60.2 Å². The molecule has 0 N–H and O–H groups in total. The third-order valence-corrected chi connectivity index (χ3v) is 3.31. The molecule has 98 valence electrons. The lowest BCUT2D eigenvalue weighted by Gasteiger charge is -2.03. The molecule has 2 rings (SSSR count). The zero-order chi connectivity index (χ0) is 13.8. The highest BCUT2D eigenvalue weighted by Gasteiger charge is 2.02. The van der Waals surface area contributed by atoms with E-state index in [-0.39, 0.29) is 5.82 Å². The summed E-state index contributed by atoms with van der Waals surface area (Å²) in [6.07, 6.45) is 5.15. The Balaban J connectivity index is 2.22. The van der Waals surface area contributed by atoms with Crippen LogP contribution in [-0.4, -0.2) is 0 Å². The van der Waals surface area contributed by atoms with Gasteiger partial charge in [-0.2, -0.15) is 0 Å². The van der Waals surface area contributed by atoms with E-state index in [1.807, 2.05) is 18.2 Å². The van der Waals surface area contributed by atoms with Gasteiger partial charge < -0.3 is 0 Å². The van der Waals surface area contributed by atoms with Gasteiger partial charge in [0.25, 0.3) is 0 Å². The molecule has 0 bridgehead atoms. The van der Waals surface area contributed by atoms with E-state index in [0.717, 1.165) is 17.5 Å². The van der Waals surface area contributed by atoms with Gasteiger partial charge in [0.1, 0.15) is 5.82 Å². The molecule has 1 heteroatoms. The van der Waals surface area contributed by atoms with E-state index in [9.17, 15) is 4.39 Å². The Bertz CT molecular complexity index is 569. The van der Waals surface area contributed by atoms with E-state index in [2.05, 4.69) is 37.3 Å². The van der Waals surface area contributed by atoms with Gasteiger partial charge in [-0.25, -0.2) is 4.39 Å². The Morgan fingerprint density at radius 1 is 0.895 bits per heavy atom. The van der Waals surface area contributed by atoms with Crippen molar-refractivity contribution in [3.8, 4) is 0 Å². The Labute approximate surface area is 114 Å². The quantitative estimate of drug-likeness (QED) is 0.662. The van der Waals surface area contributed by atoms with Crippen LogP contribution in [0, 0.1) is 19.7 Å². The van der Waals surface area contributed by atoms with E-state index in [1.54, 1.807) is 13.8 Å². The van der Waals surface area contributed by atoms with Gasteiger partial charge in [0.2, 0.25) is 0 Å². The lowest BCUT2D eigenvalue weighted by atomic mass is 10.0. The van der Waals surface area contributed by atoms with Crippen molar-refractivity contribution < 1.29 is 4.39 Å². The smallest absolute Gasteiger partial charge is 0.129 e. The molecule has 0 nitrogen and oxygen atoms in total. The van der Waals surface area contributed by atoms with Crippen LogP contribution in [0.2, 0.25) is 0 Å². The molecule has 0 fully saturated rings. The molecule has 0 saturated heterocycles. The molecule has 0 aliphatic rings. The van der Waals surface area contributed by atoms with E-state index < -0.39 is 0 Å². The molecular formula is C18H19F. The summed E-state index contributed by atoms with van der Waals surface area (Å²) in [7, 11) is 0. The van der Waals surface area contributed by atoms with Crippen molar-refractivity contribution in [2.45, 2.75) is 27.2 Å². The first-order chi connectivity index (χ1) is 9.10. The van der Waals surface area contributed by atoms with Crippen LogP contribution in [0.4, 0.5) is 4.39 Å². The van der Waals surface area contributed by atoms with Crippen molar-refractivity contribution in [3.63, 3.8) is 0 Å². The second-order valence-corrected chi connectivity index (χ2v) is 4.90. The van der Waals surface area contributed by atoms with Gasteiger partial charge >= 0.3 is 0 Å². The molecule has 2 aromatic carbocycles. The maximum atomic E-state index is 13.5. The van der Waals surface area contributed by atoms with Gasteiger partial charge in [-0.1, -0.05) is 43.3 Å². The van der Waals surface area contributed by atoms with Crippen LogP contribution >= 0.6 is 0 Å². The molecular weight excluding hydrogens is 235 g/mol. The molecule has 0 radical (unpaired) electrons. The first-order valence-electron chi connectivity index (χ1n) is 6.64. The Morgan fingerprint density at radius 3 is 1.95 bits per heavy atom. The Kier molecular flexibility index (Phi) is 4.16. The largest absolute Gasteiger partial charge is 0.206 e. The number of rotatable bonds is 3. The molecule has 0 heterocycles. The molecule has 0 aliphatic heterocycles. The normalized spacial score (nSPS) is 11.2. The number of hydrogen-bond donors (Lipinski definition) is 0. The summed E-state index contributed by atoms with van der Waals surface area (Å²) in [5.41, 5.74) is 4.93. The standard InChI is InChI=1S/C18H19F/c1-4-15-5-7-16(8-6-15)9-10-17-11-13(2)18(19)14(3)12-17/h5-12H,4H2,1-3H3/b10-9+. The maximum absolute atomic E-state index is 13.5. The lowest BCUT2D eigenvalue weighted by Crippen LogP contribution is -1.88. The first kappa shape index (κ1) is 13.5. The second kappa shape index (κ2) is 5.83. The maximum Gasteiger partial charge on any atom is 0.129 e. The Hall–Kier alpha value is -1.89. The van der Waals surface area contributed by atoms with E-state index in [0.29, 0.717) is 11.1 Å². The average Bonchev–Trinajstić information content (AvgIpc) is 2.43. The summed E-state index contributed by atoms with van der Waals surface area (Å²) in [6.45, 7) is 5.75. The van der Waals surface area contributed by atoms with E-state index in [4.69, 9.17) is 0 Å². The monoisotopic (exact) mass is 254 g/mol. The summed E-state index contributed by atoms with van der Waals surface area (Å²) in [5.74, 6) is -0.107. The third kappa shape index (κ3) is 3.31. The van der Waals surface area contributed by atoms with Crippen LogP contribution in [0.25, 0.3) is 12.2 Å². The van der Waals surface area contributed by atoms with E-state index >= 15 is 0 Å². The van der Waals surface area contributed by atoms with Crippen molar-refractivity contribution in [2.75, 3.05) is 0 Å². The van der Waals surface area contributed by atoms with Gasteiger partial charge in [0.05, 0.1) is 0 Å². The predicted octanol–water partition coefficient (Wildman–Crippen LogP) is 5.18. The fourth-order valence-corrected chi connectivity index (χ4v) is 2.13. The van der Waals surface area contributed by atoms with Crippen LogP contribution in [0.5, 0.6) is 0 Å². The molecule has 0 saturated carbocycles. The first-order valence-corrected chi connectivity index (χ1v) is 6.64. The van der Waals surface area contributed by atoms with Crippen LogP contribution < -0.4 is 0 Å². The summed E-state index contributed by atoms with van der Waals surface area (Å²) < 4.78 is 13.5. The molecule has 0 spiro atoms. The highest BCUT2D eigenvalue weighted by atomic mass is 19.1. The average molecular weight is 254 g/mol. The van der Waals surface area contributed by atoms with Crippen molar-refractivity contribution >= 4 is 12.2 Å². The SMILES string of the molecule is CCc1ccc(/C=C/c2cc(C)c(F)c(C)c2)cc1. The van der Waals surface area contributed by atoms with Crippen molar-refractivity contribution in [3.05, 3.63) is 70.0 Å². The predicted molar refractivity (Wildman–Crippen MR) is 80.6 cm³/mol. The second-order valence-electron chi connectivity index (χ2n) is 4.90. The summed E-state index contributed by atoms with van der Waals surface area (Å²) in [4.78, 5) is 0. The summed E-state index contributed by atoms with van der Waals surface area (Å²) in [5, 5.41) is 0. The van der Waals surface area contributed by atoms with Gasteiger partial charge in [-0.3, -0.25) is 0 Å². The minimum atomic E-state index is -0.107. The Morgan fingerprint density at radius 2 is 1.42 bits per heavy atom. The van der Waals surface area contributed by atoms with Crippen molar-refractivity contribution in [1.29, 1.82) is 0 Å². The molecule has 0 unspecified atom stereocenters. The number of halogens is 1.